The van der Waals surface area contributed by atoms with Gasteiger partial charge in [-0.15, -0.1) is 6.58 Å². The van der Waals surface area contributed by atoms with Gasteiger partial charge in [0.1, 0.15) is 0 Å². The first-order valence-corrected chi connectivity index (χ1v) is 7.14. The van der Waals surface area contributed by atoms with Gasteiger partial charge in [0.05, 0.1) is 0 Å². The fraction of sp³-hybridized carbons (Fsp3) is 0.867. The van der Waals surface area contributed by atoms with Gasteiger partial charge in [0, 0.05) is 6.04 Å². The van der Waals surface area contributed by atoms with Gasteiger partial charge in [0.25, 0.3) is 0 Å². The maximum absolute atomic E-state index is 3.80. The van der Waals surface area contributed by atoms with Crippen LogP contribution < -0.4 is 5.32 Å². The molecule has 0 saturated heterocycles. The summed E-state index contributed by atoms with van der Waals surface area (Å²) in [6, 6.07) is 0.727. The van der Waals surface area contributed by atoms with E-state index in [-0.39, 0.29) is 0 Å². The average molecular weight is 225 g/mol. The summed E-state index contributed by atoms with van der Waals surface area (Å²) in [7, 11) is 0. The Hall–Kier alpha value is -0.300. The molecule has 0 aromatic rings. The minimum Gasteiger partial charge on any atom is -0.314 e. The number of unbranched alkanes of at least 4 members (excludes halogenated alkanes) is 1. The standard InChI is InChI=1S/C15H31N/c1-5-9-10-13-15(16-8-4)14(11-6-2)12-7-3/h5,14-16H,1,6-13H2,2-4H3. The molecule has 0 fully saturated rings. The molecule has 1 heteroatoms. The van der Waals surface area contributed by atoms with Crippen molar-refractivity contribution in [3.05, 3.63) is 12.7 Å². The first-order chi connectivity index (χ1) is 7.79. The lowest BCUT2D eigenvalue weighted by atomic mass is 9.87. The first-order valence-electron chi connectivity index (χ1n) is 7.14. The van der Waals surface area contributed by atoms with Gasteiger partial charge in [-0.3, -0.25) is 0 Å². The minimum absolute atomic E-state index is 0.727. The second kappa shape index (κ2) is 11.2. The number of allylic oxidation sites excluding steroid dienone is 1. The van der Waals surface area contributed by atoms with Crippen molar-refractivity contribution in [2.45, 2.75) is 71.8 Å². The third-order valence-corrected chi connectivity index (χ3v) is 3.28. The summed E-state index contributed by atoms with van der Waals surface area (Å²) in [5.74, 6) is 0.875. The van der Waals surface area contributed by atoms with E-state index in [1.165, 1.54) is 38.5 Å². The topological polar surface area (TPSA) is 12.0 Å². The van der Waals surface area contributed by atoms with Crippen molar-refractivity contribution in [2.75, 3.05) is 6.54 Å². The summed E-state index contributed by atoms with van der Waals surface area (Å²) in [4.78, 5) is 0. The summed E-state index contributed by atoms with van der Waals surface area (Å²) < 4.78 is 0. The van der Waals surface area contributed by atoms with E-state index < -0.39 is 0 Å². The fourth-order valence-corrected chi connectivity index (χ4v) is 2.54. The molecule has 0 saturated carbocycles. The van der Waals surface area contributed by atoms with Crippen molar-refractivity contribution in [1.82, 2.24) is 5.32 Å². The molecule has 0 amide bonds. The number of nitrogens with one attached hydrogen (secondary N) is 1. The van der Waals surface area contributed by atoms with E-state index in [4.69, 9.17) is 0 Å². The Morgan fingerprint density at radius 2 is 1.69 bits per heavy atom. The summed E-state index contributed by atoms with van der Waals surface area (Å²) in [6.45, 7) is 11.7. The van der Waals surface area contributed by atoms with E-state index >= 15 is 0 Å². The second-order valence-corrected chi connectivity index (χ2v) is 4.72. The molecule has 0 rings (SSSR count). The molecule has 16 heavy (non-hydrogen) atoms. The van der Waals surface area contributed by atoms with Crippen molar-refractivity contribution in [1.29, 1.82) is 0 Å². The summed E-state index contributed by atoms with van der Waals surface area (Å²) in [5.41, 5.74) is 0. The molecule has 96 valence electrons. The molecule has 0 aliphatic heterocycles. The summed E-state index contributed by atoms with van der Waals surface area (Å²) in [5, 5.41) is 3.68. The van der Waals surface area contributed by atoms with Gasteiger partial charge in [0.2, 0.25) is 0 Å². The summed E-state index contributed by atoms with van der Waals surface area (Å²) >= 11 is 0. The van der Waals surface area contributed by atoms with Crippen LogP contribution in [0, 0.1) is 5.92 Å². The van der Waals surface area contributed by atoms with Crippen LogP contribution in [0.1, 0.15) is 65.7 Å². The van der Waals surface area contributed by atoms with Gasteiger partial charge in [0.15, 0.2) is 0 Å². The van der Waals surface area contributed by atoms with Gasteiger partial charge < -0.3 is 5.32 Å². The highest BCUT2D eigenvalue weighted by molar-refractivity contribution is 4.77. The molecule has 0 heterocycles. The van der Waals surface area contributed by atoms with E-state index in [2.05, 4.69) is 32.7 Å². The Bertz CT molecular complexity index is 148. The van der Waals surface area contributed by atoms with Crippen LogP contribution in [0.25, 0.3) is 0 Å². The zero-order chi connectivity index (χ0) is 12.2. The Labute approximate surface area is 103 Å². The Morgan fingerprint density at radius 1 is 1.06 bits per heavy atom. The predicted octanol–water partition coefficient (Wildman–Crippen LogP) is 4.54. The molecule has 1 atom stereocenters. The molecule has 1 unspecified atom stereocenters. The predicted molar refractivity (Wildman–Crippen MR) is 74.8 cm³/mol. The van der Waals surface area contributed by atoms with Crippen LogP contribution in [0.15, 0.2) is 12.7 Å². The lowest BCUT2D eigenvalue weighted by Gasteiger charge is -2.27. The molecule has 0 aromatic carbocycles. The van der Waals surface area contributed by atoms with Crippen LogP contribution in [0.4, 0.5) is 0 Å². The minimum atomic E-state index is 0.727. The molecule has 0 radical (unpaired) electrons. The van der Waals surface area contributed by atoms with Gasteiger partial charge in [-0.1, -0.05) is 39.7 Å². The third-order valence-electron chi connectivity index (χ3n) is 3.28. The van der Waals surface area contributed by atoms with Gasteiger partial charge >= 0.3 is 0 Å². The normalized spacial score (nSPS) is 13.0. The maximum Gasteiger partial charge on any atom is 0.00953 e. The molecule has 0 bridgehead atoms. The van der Waals surface area contributed by atoms with Crippen LogP contribution in [-0.4, -0.2) is 12.6 Å². The van der Waals surface area contributed by atoms with Crippen LogP contribution >= 0.6 is 0 Å². The lowest BCUT2D eigenvalue weighted by Crippen LogP contribution is -2.36. The Morgan fingerprint density at radius 3 is 2.12 bits per heavy atom. The molecular weight excluding hydrogens is 194 g/mol. The van der Waals surface area contributed by atoms with E-state index in [0.29, 0.717) is 0 Å². The first kappa shape index (κ1) is 15.7. The summed E-state index contributed by atoms with van der Waals surface area (Å²) in [6.07, 6.45) is 11.2. The SMILES string of the molecule is C=CCCCC(NCC)C(CCC)CCC. The van der Waals surface area contributed by atoms with Crippen molar-refractivity contribution in [2.24, 2.45) is 5.92 Å². The lowest BCUT2D eigenvalue weighted by molar-refractivity contribution is 0.296. The Balaban J connectivity index is 4.12. The highest BCUT2D eigenvalue weighted by atomic mass is 14.9. The number of hydrogen-bond acceptors (Lipinski definition) is 1. The molecule has 0 aliphatic carbocycles. The van der Waals surface area contributed by atoms with Gasteiger partial charge in [-0.2, -0.15) is 0 Å². The zero-order valence-corrected chi connectivity index (χ0v) is 11.6. The fourth-order valence-electron chi connectivity index (χ4n) is 2.54. The van der Waals surface area contributed by atoms with Crippen molar-refractivity contribution in [3.8, 4) is 0 Å². The van der Waals surface area contributed by atoms with Gasteiger partial charge in [-0.05, 0) is 44.6 Å². The number of hydrogen-bond donors (Lipinski definition) is 1. The zero-order valence-electron chi connectivity index (χ0n) is 11.6. The van der Waals surface area contributed by atoms with Crippen LogP contribution in [-0.2, 0) is 0 Å². The Kier molecular flexibility index (Phi) is 11.0. The largest absolute Gasteiger partial charge is 0.314 e. The van der Waals surface area contributed by atoms with Gasteiger partial charge in [-0.25, -0.2) is 0 Å². The molecule has 0 spiro atoms. The molecule has 0 aromatic heterocycles. The number of rotatable bonds is 11. The van der Waals surface area contributed by atoms with E-state index in [0.717, 1.165) is 24.9 Å². The maximum atomic E-state index is 3.80. The van der Waals surface area contributed by atoms with E-state index in [1.807, 2.05) is 6.08 Å². The highest BCUT2D eigenvalue weighted by Gasteiger charge is 2.18. The third kappa shape index (κ3) is 7.05. The molecule has 1 nitrogen and oxygen atoms in total. The molecule has 1 N–H and O–H groups in total. The van der Waals surface area contributed by atoms with E-state index in [9.17, 15) is 0 Å². The van der Waals surface area contributed by atoms with Crippen LogP contribution in [0.2, 0.25) is 0 Å². The van der Waals surface area contributed by atoms with Crippen molar-refractivity contribution in [3.63, 3.8) is 0 Å². The molecular formula is C15H31N. The quantitative estimate of drug-likeness (QED) is 0.402. The van der Waals surface area contributed by atoms with E-state index in [1.54, 1.807) is 0 Å². The smallest absolute Gasteiger partial charge is 0.00953 e. The van der Waals surface area contributed by atoms with Crippen LogP contribution in [0.5, 0.6) is 0 Å². The van der Waals surface area contributed by atoms with Crippen molar-refractivity contribution >= 4 is 0 Å². The molecule has 0 aliphatic rings. The highest BCUT2D eigenvalue weighted by Crippen LogP contribution is 2.21. The second-order valence-electron chi connectivity index (χ2n) is 4.72. The van der Waals surface area contributed by atoms with Crippen LogP contribution in [0.3, 0.4) is 0 Å². The monoisotopic (exact) mass is 225 g/mol. The average Bonchev–Trinajstić information content (AvgIpc) is 2.28. The van der Waals surface area contributed by atoms with Crippen molar-refractivity contribution < 1.29 is 0 Å².